The summed E-state index contributed by atoms with van der Waals surface area (Å²) in [6.07, 6.45) is 5.59. The van der Waals surface area contributed by atoms with Crippen LogP contribution in [0.1, 0.15) is 32.6 Å². The summed E-state index contributed by atoms with van der Waals surface area (Å²) in [5, 5.41) is 9.36. The van der Waals surface area contributed by atoms with Crippen molar-refractivity contribution in [3.05, 3.63) is 12.2 Å². The molecule has 74 valence electrons. The number of hydrogen-bond donors (Lipinski definition) is 1. The molecule has 1 N–H and O–H groups in total. The lowest BCUT2D eigenvalue weighted by atomic mass is 10.1. The van der Waals surface area contributed by atoms with E-state index in [1.807, 2.05) is 13.0 Å². The SMILES string of the molecule is C[C@@H]1CC=C[C@H](O)CCCC(=O)O1. The molecule has 1 aliphatic rings. The molecule has 3 heteroatoms. The molecule has 3 nitrogen and oxygen atoms in total. The number of hydrogen-bond acceptors (Lipinski definition) is 3. The van der Waals surface area contributed by atoms with Crippen LogP contribution in [0.3, 0.4) is 0 Å². The number of carbonyl (C=O) groups excluding carboxylic acids is 1. The van der Waals surface area contributed by atoms with Gasteiger partial charge in [-0.25, -0.2) is 0 Å². The largest absolute Gasteiger partial charge is 0.462 e. The van der Waals surface area contributed by atoms with Crippen molar-refractivity contribution in [3.8, 4) is 0 Å². The van der Waals surface area contributed by atoms with Crippen LogP contribution in [0.25, 0.3) is 0 Å². The van der Waals surface area contributed by atoms with E-state index in [0.717, 1.165) is 0 Å². The summed E-state index contributed by atoms with van der Waals surface area (Å²) in [6, 6.07) is 0. The summed E-state index contributed by atoms with van der Waals surface area (Å²) < 4.78 is 5.09. The molecule has 13 heavy (non-hydrogen) atoms. The van der Waals surface area contributed by atoms with Crippen LogP contribution in [0.4, 0.5) is 0 Å². The van der Waals surface area contributed by atoms with E-state index in [-0.39, 0.29) is 12.1 Å². The van der Waals surface area contributed by atoms with Gasteiger partial charge in [-0.05, 0) is 19.8 Å². The van der Waals surface area contributed by atoms with Crippen LogP contribution in [-0.4, -0.2) is 23.3 Å². The molecule has 0 aromatic heterocycles. The summed E-state index contributed by atoms with van der Waals surface area (Å²) in [4.78, 5) is 11.1. The fourth-order valence-electron chi connectivity index (χ4n) is 1.31. The molecular weight excluding hydrogens is 168 g/mol. The van der Waals surface area contributed by atoms with Crippen LogP contribution in [0.15, 0.2) is 12.2 Å². The predicted molar refractivity (Wildman–Crippen MR) is 49.2 cm³/mol. The van der Waals surface area contributed by atoms with E-state index in [4.69, 9.17) is 4.74 Å². The quantitative estimate of drug-likeness (QED) is 0.457. The molecule has 0 aromatic rings. The number of aliphatic hydroxyl groups is 1. The molecule has 0 radical (unpaired) electrons. The topological polar surface area (TPSA) is 46.5 Å². The van der Waals surface area contributed by atoms with Crippen molar-refractivity contribution in [3.63, 3.8) is 0 Å². The highest BCUT2D eigenvalue weighted by Crippen LogP contribution is 2.09. The van der Waals surface area contributed by atoms with Crippen LogP contribution in [0, 0.1) is 0 Å². The van der Waals surface area contributed by atoms with Gasteiger partial charge in [0.25, 0.3) is 0 Å². The first-order valence-electron chi connectivity index (χ1n) is 4.72. The van der Waals surface area contributed by atoms with Crippen LogP contribution in [-0.2, 0) is 9.53 Å². The summed E-state index contributed by atoms with van der Waals surface area (Å²) in [5.41, 5.74) is 0. The maximum Gasteiger partial charge on any atom is 0.306 e. The normalized spacial score (nSPS) is 31.1. The Kier molecular flexibility index (Phi) is 3.96. The number of cyclic esters (lactones) is 1. The van der Waals surface area contributed by atoms with Gasteiger partial charge in [-0.1, -0.05) is 12.2 Å². The summed E-state index contributed by atoms with van der Waals surface area (Å²) in [5.74, 6) is -0.157. The Bertz CT molecular complexity index is 198. The summed E-state index contributed by atoms with van der Waals surface area (Å²) >= 11 is 0. The highest BCUT2D eigenvalue weighted by Gasteiger charge is 2.11. The third kappa shape index (κ3) is 4.08. The Morgan fingerprint density at radius 2 is 2.38 bits per heavy atom. The number of carbonyl (C=O) groups is 1. The third-order valence-corrected chi connectivity index (χ3v) is 2.04. The van der Waals surface area contributed by atoms with Crippen LogP contribution in [0.5, 0.6) is 0 Å². The Morgan fingerprint density at radius 1 is 1.62 bits per heavy atom. The van der Waals surface area contributed by atoms with E-state index in [1.165, 1.54) is 0 Å². The van der Waals surface area contributed by atoms with Gasteiger partial charge < -0.3 is 9.84 Å². The molecule has 1 heterocycles. The van der Waals surface area contributed by atoms with E-state index in [9.17, 15) is 9.90 Å². The average Bonchev–Trinajstić information content (AvgIpc) is 2.03. The minimum atomic E-state index is -0.405. The molecule has 0 saturated carbocycles. The fraction of sp³-hybridized carbons (Fsp3) is 0.700. The van der Waals surface area contributed by atoms with E-state index in [2.05, 4.69) is 0 Å². The Labute approximate surface area is 78.4 Å². The highest BCUT2D eigenvalue weighted by atomic mass is 16.5. The predicted octanol–water partition coefficient (Wildman–Crippen LogP) is 1.41. The zero-order valence-corrected chi connectivity index (χ0v) is 7.90. The molecule has 1 rings (SSSR count). The lowest BCUT2D eigenvalue weighted by Gasteiger charge is -2.13. The van der Waals surface area contributed by atoms with Gasteiger partial charge in [-0.2, -0.15) is 0 Å². The first-order valence-corrected chi connectivity index (χ1v) is 4.72. The maximum atomic E-state index is 11.1. The first kappa shape index (κ1) is 10.3. The summed E-state index contributed by atoms with van der Waals surface area (Å²) in [6.45, 7) is 1.86. The molecule has 0 aromatic carbocycles. The molecule has 0 bridgehead atoms. The fourth-order valence-corrected chi connectivity index (χ4v) is 1.31. The van der Waals surface area contributed by atoms with Crippen molar-refractivity contribution in [2.75, 3.05) is 0 Å². The van der Waals surface area contributed by atoms with Gasteiger partial charge in [-0.15, -0.1) is 0 Å². The van der Waals surface area contributed by atoms with Crippen molar-refractivity contribution >= 4 is 5.97 Å². The number of ether oxygens (including phenoxy) is 1. The molecule has 0 aliphatic carbocycles. The van der Waals surface area contributed by atoms with E-state index in [1.54, 1.807) is 6.08 Å². The lowest BCUT2D eigenvalue weighted by molar-refractivity contribution is -0.148. The molecule has 0 unspecified atom stereocenters. The molecule has 2 atom stereocenters. The van der Waals surface area contributed by atoms with Gasteiger partial charge in [0, 0.05) is 12.8 Å². The van der Waals surface area contributed by atoms with Crippen LogP contribution < -0.4 is 0 Å². The Balaban J connectivity index is 2.50. The minimum absolute atomic E-state index is 0.0750. The zero-order valence-electron chi connectivity index (χ0n) is 7.90. The van der Waals surface area contributed by atoms with Crippen LogP contribution >= 0.6 is 0 Å². The van der Waals surface area contributed by atoms with Crippen LogP contribution in [0.2, 0.25) is 0 Å². The minimum Gasteiger partial charge on any atom is -0.462 e. The molecular formula is C10H16O3. The maximum absolute atomic E-state index is 11.1. The van der Waals surface area contributed by atoms with Gasteiger partial charge >= 0.3 is 5.97 Å². The second-order valence-corrected chi connectivity index (χ2v) is 3.42. The van der Waals surface area contributed by atoms with E-state index < -0.39 is 6.10 Å². The molecule has 1 aliphatic heterocycles. The second-order valence-electron chi connectivity index (χ2n) is 3.42. The first-order chi connectivity index (χ1) is 6.18. The smallest absolute Gasteiger partial charge is 0.306 e. The van der Waals surface area contributed by atoms with Crippen molar-refractivity contribution < 1.29 is 14.6 Å². The number of rotatable bonds is 0. The third-order valence-electron chi connectivity index (χ3n) is 2.04. The molecule has 0 amide bonds. The second kappa shape index (κ2) is 5.02. The van der Waals surface area contributed by atoms with Gasteiger partial charge in [0.1, 0.15) is 6.10 Å². The van der Waals surface area contributed by atoms with E-state index in [0.29, 0.717) is 25.7 Å². The van der Waals surface area contributed by atoms with Gasteiger partial charge in [-0.3, -0.25) is 4.79 Å². The number of esters is 1. The zero-order chi connectivity index (χ0) is 9.68. The molecule has 0 fully saturated rings. The highest BCUT2D eigenvalue weighted by molar-refractivity contribution is 5.69. The Morgan fingerprint density at radius 3 is 3.15 bits per heavy atom. The number of aliphatic hydroxyl groups excluding tert-OH is 1. The molecule has 0 saturated heterocycles. The van der Waals surface area contributed by atoms with Gasteiger partial charge in [0.05, 0.1) is 6.10 Å². The summed E-state index contributed by atoms with van der Waals surface area (Å²) in [7, 11) is 0. The monoisotopic (exact) mass is 184 g/mol. The van der Waals surface area contributed by atoms with Crippen molar-refractivity contribution in [2.45, 2.75) is 44.8 Å². The van der Waals surface area contributed by atoms with Crippen molar-refractivity contribution in [1.82, 2.24) is 0 Å². The molecule has 0 spiro atoms. The average molecular weight is 184 g/mol. The standard InChI is InChI=1S/C10H16O3/c1-8-4-2-5-9(11)6-3-7-10(12)13-8/h2,5,8-9,11H,3-4,6-7H2,1H3/t8-,9+/m1/s1. The van der Waals surface area contributed by atoms with Crippen molar-refractivity contribution in [1.29, 1.82) is 0 Å². The van der Waals surface area contributed by atoms with E-state index >= 15 is 0 Å². The van der Waals surface area contributed by atoms with Crippen molar-refractivity contribution in [2.24, 2.45) is 0 Å². The lowest BCUT2D eigenvalue weighted by Crippen LogP contribution is -2.16. The van der Waals surface area contributed by atoms with Gasteiger partial charge in [0.15, 0.2) is 0 Å². The Hall–Kier alpha value is -0.830. The van der Waals surface area contributed by atoms with Gasteiger partial charge in [0.2, 0.25) is 0 Å².